The second-order valence-electron chi connectivity index (χ2n) is 5.11. The van der Waals surface area contributed by atoms with Crippen LogP contribution in [-0.4, -0.2) is 10.5 Å². The van der Waals surface area contributed by atoms with Gasteiger partial charge < -0.3 is 9.88 Å². The number of hydrogen-bond acceptors (Lipinski definition) is 2. The van der Waals surface area contributed by atoms with Gasteiger partial charge >= 0.3 is 0 Å². The molecule has 3 rings (SSSR count). The van der Waals surface area contributed by atoms with Crippen LogP contribution in [-0.2, 0) is 6.54 Å². The van der Waals surface area contributed by atoms with Crippen LogP contribution in [0.2, 0.25) is 5.02 Å². The normalized spacial score (nSPS) is 10.7. The Morgan fingerprint density at radius 1 is 1.13 bits per heavy atom. The minimum Gasteiger partial charge on any atom is -0.347 e. The Hall–Kier alpha value is -2.59. The summed E-state index contributed by atoms with van der Waals surface area (Å²) < 4.78 is 1.89. The molecule has 1 N–H and O–H groups in total. The minimum absolute atomic E-state index is 0.102. The van der Waals surface area contributed by atoms with Crippen LogP contribution in [0.25, 0.3) is 10.9 Å². The maximum absolute atomic E-state index is 12.6. The van der Waals surface area contributed by atoms with E-state index in [-0.39, 0.29) is 11.0 Å². The van der Waals surface area contributed by atoms with Crippen molar-refractivity contribution < 1.29 is 4.79 Å². The predicted octanol–water partition coefficient (Wildman–Crippen LogP) is 3.93. The van der Waals surface area contributed by atoms with Crippen LogP contribution in [0.5, 0.6) is 0 Å². The van der Waals surface area contributed by atoms with E-state index in [9.17, 15) is 9.59 Å². The number of anilines is 1. The highest BCUT2D eigenvalue weighted by molar-refractivity contribution is 6.33. The average Bonchev–Trinajstić information content (AvgIpc) is 2.57. The van der Waals surface area contributed by atoms with Crippen molar-refractivity contribution in [3.05, 3.63) is 75.5 Å². The third kappa shape index (κ3) is 2.85. The van der Waals surface area contributed by atoms with Crippen molar-refractivity contribution in [1.82, 2.24) is 4.57 Å². The van der Waals surface area contributed by atoms with Gasteiger partial charge in [-0.1, -0.05) is 35.9 Å². The number of amides is 1. The number of halogens is 1. The summed E-state index contributed by atoms with van der Waals surface area (Å²) in [4.78, 5) is 25.1. The monoisotopic (exact) mass is 326 g/mol. The number of carbonyl (C=O) groups excluding carboxylic acids is 1. The van der Waals surface area contributed by atoms with Crippen LogP contribution in [0.1, 0.15) is 17.3 Å². The Bertz CT molecular complexity index is 947. The second kappa shape index (κ2) is 6.26. The van der Waals surface area contributed by atoms with E-state index >= 15 is 0 Å². The highest BCUT2D eigenvalue weighted by Gasteiger charge is 2.15. The van der Waals surface area contributed by atoms with Gasteiger partial charge in [-0.05, 0) is 31.2 Å². The van der Waals surface area contributed by atoms with Gasteiger partial charge in [0.2, 0.25) is 5.43 Å². The van der Waals surface area contributed by atoms with Crippen molar-refractivity contribution in [3.63, 3.8) is 0 Å². The SMILES string of the molecule is CCn1cc(C(=O)Nc2ccccc2Cl)c(=O)c2ccccc21. The lowest BCUT2D eigenvalue weighted by atomic mass is 10.1. The molecule has 4 nitrogen and oxygen atoms in total. The number of aryl methyl sites for hydroxylation is 1. The van der Waals surface area contributed by atoms with E-state index in [2.05, 4.69) is 5.32 Å². The minimum atomic E-state index is -0.462. The summed E-state index contributed by atoms with van der Waals surface area (Å²) in [7, 11) is 0. The summed E-state index contributed by atoms with van der Waals surface area (Å²) in [5.74, 6) is -0.462. The fraction of sp³-hybridized carbons (Fsp3) is 0.111. The van der Waals surface area contributed by atoms with E-state index in [0.29, 0.717) is 22.6 Å². The van der Waals surface area contributed by atoms with Gasteiger partial charge in [0.05, 0.1) is 16.2 Å². The Labute approximate surface area is 138 Å². The number of fused-ring (bicyclic) bond motifs is 1. The summed E-state index contributed by atoms with van der Waals surface area (Å²) in [6.07, 6.45) is 1.59. The van der Waals surface area contributed by atoms with E-state index < -0.39 is 5.91 Å². The third-order valence-corrected chi connectivity index (χ3v) is 4.02. The number of pyridine rings is 1. The molecule has 2 aromatic carbocycles. The number of aromatic nitrogens is 1. The molecule has 0 unspecified atom stereocenters. The molecule has 23 heavy (non-hydrogen) atoms. The average molecular weight is 327 g/mol. The van der Waals surface area contributed by atoms with Crippen molar-refractivity contribution in [1.29, 1.82) is 0 Å². The Kier molecular flexibility index (Phi) is 4.17. The molecule has 1 heterocycles. The van der Waals surface area contributed by atoms with Crippen molar-refractivity contribution in [2.24, 2.45) is 0 Å². The highest BCUT2D eigenvalue weighted by Crippen LogP contribution is 2.21. The molecule has 0 fully saturated rings. The summed E-state index contributed by atoms with van der Waals surface area (Å²) >= 11 is 6.05. The fourth-order valence-electron chi connectivity index (χ4n) is 2.52. The van der Waals surface area contributed by atoms with Gasteiger partial charge in [-0.25, -0.2) is 0 Å². The first-order valence-electron chi connectivity index (χ1n) is 7.30. The molecule has 116 valence electrons. The third-order valence-electron chi connectivity index (χ3n) is 3.70. The van der Waals surface area contributed by atoms with Gasteiger partial charge in [0, 0.05) is 18.1 Å². The topological polar surface area (TPSA) is 51.1 Å². The van der Waals surface area contributed by atoms with Crippen molar-refractivity contribution in [2.75, 3.05) is 5.32 Å². The highest BCUT2D eigenvalue weighted by atomic mass is 35.5. The number of nitrogens with zero attached hydrogens (tertiary/aromatic N) is 1. The molecule has 0 spiro atoms. The Balaban J connectivity index is 2.09. The Morgan fingerprint density at radius 2 is 1.83 bits per heavy atom. The number of nitrogens with one attached hydrogen (secondary N) is 1. The molecule has 1 aromatic heterocycles. The van der Waals surface area contributed by atoms with Gasteiger partial charge in [0.1, 0.15) is 5.56 Å². The van der Waals surface area contributed by atoms with Gasteiger partial charge in [-0.15, -0.1) is 0 Å². The smallest absolute Gasteiger partial charge is 0.261 e. The summed E-state index contributed by atoms with van der Waals surface area (Å²) in [6, 6.07) is 14.2. The maximum atomic E-state index is 12.6. The second-order valence-corrected chi connectivity index (χ2v) is 5.52. The van der Waals surface area contributed by atoms with E-state index in [1.165, 1.54) is 0 Å². The predicted molar refractivity (Wildman–Crippen MR) is 93.3 cm³/mol. The summed E-state index contributed by atoms with van der Waals surface area (Å²) in [5.41, 5.74) is 1.12. The molecule has 0 bridgehead atoms. The largest absolute Gasteiger partial charge is 0.347 e. The van der Waals surface area contributed by atoms with Gasteiger partial charge in [0.25, 0.3) is 5.91 Å². The lowest BCUT2D eigenvalue weighted by molar-refractivity contribution is 0.102. The van der Waals surface area contributed by atoms with Gasteiger partial charge in [-0.2, -0.15) is 0 Å². The van der Waals surface area contributed by atoms with Crippen LogP contribution in [0, 0.1) is 0 Å². The maximum Gasteiger partial charge on any atom is 0.261 e. The summed E-state index contributed by atoms with van der Waals surface area (Å²) in [6.45, 7) is 2.62. The van der Waals surface area contributed by atoms with Gasteiger partial charge in [-0.3, -0.25) is 9.59 Å². The molecular weight excluding hydrogens is 312 g/mol. The fourth-order valence-corrected chi connectivity index (χ4v) is 2.70. The zero-order valence-corrected chi connectivity index (χ0v) is 13.3. The van der Waals surface area contributed by atoms with Crippen molar-refractivity contribution in [3.8, 4) is 0 Å². The first kappa shape index (κ1) is 15.3. The molecule has 0 aliphatic heterocycles. The lowest BCUT2D eigenvalue weighted by Crippen LogP contribution is -2.24. The van der Waals surface area contributed by atoms with Crippen molar-refractivity contribution in [2.45, 2.75) is 13.5 Å². The number of benzene rings is 2. The molecule has 3 aromatic rings. The first-order valence-corrected chi connectivity index (χ1v) is 7.67. The molecule has 0 saturated heterocycles. The van der Waals surface area contributed by atoms with E-state index in [1.54, 1.807) is 42.6 Å². The molecule has 0 radical (unpaired) electrons. The van der Waals surface area contributed by atoms with E-state index in [1.807, 2.05) is 23.6 Å². The molecule has 0 saturated carbocycles. The first-order chi connectivity index (χ1) is 11.1. The zero-order valence-electron chi connectivity index (χ0n) is 12.5. The van der Waals surface area contributed by atoms with Crippen LogP contribution < -0.4 is 10.7 Å². The molecule has 5 heteroatoms. The summed E-state index contributed by atoms with van der Waals surface area (Å²) in [5, 5.41) is 3.66. The molecule has 0 atom stereocenters. The number of para-hydroxylation sites is 2. The molecule has 0 aliphatic carbocycles. The van der Waals surface area contributed by atoms with E-state index in [4.69, 9.17) is 11.6 Å². The molecule has 0 aliphatic rings. The number of carbonyl (C=O) groups is 1. The number of hydrogen-bond donors (Lipinski definition) is 1. The van der Waals surface area contributed by atoms with Crippen LogP contribution >= 0.6 is 11.6 Å². The quantitative estimate of drug-likeness (QED) is 0.793. The lowest BCUT2D eigenvalue weighted by Gasteiger charge is -2.12. The van der Waals surface area contributed by atoms with Crippen molar-refractivity contribution >= 4 is 34.1 Å². The van der Waals surface area contributed by atoms with E-state index in [0.717, 1.165) is 5.52 Å². The number of rotatable bonds is 3. The van der Waals surface area contributed by atoms with Crippen LogP contribution in [0.3, 0.4) is 0 Å². The molecule has 1 amide bonds. The standard InChI is InChI=1S/C18H15ClN2O2/c1-2-21-11-13(17(22)12-7-3-6-10-16(12)21)18(23)20-15-9-5-4-8-14(15)19/h3-11H,2H2,1H3,(H,20,23). The van der Waals surface area contributed by atoms with Gasteiger partial charge in [0.15, 0.2) is 0 Å². The molecular formula is C18H15ClN2O2. The van der Waals surface area contributed by atoms with Crippen LogP contribution in [0.4, 0.5) is 5.69 Å². The van der Waals surface area contributed by atoms with Crippen LogP contribution in [0.15, 0.2) is 59.5 Å². The Morgan fingerprint density at radius 3 is 2.57 bits per heavy atom. The zero-order chi connectivity index (χ0) is 16.4.